The molecule has 1 aliphatic rings. The lowest BCUT2D eigenvalue weighted by molar-refractivity contribution is -0.161. The zero-order valence-electron chi connectivity index (χ0n) is 8.50. The molecule has 0 aromatic heterocycles. The van der Waals surface area contributed by atoms with E-state index in [1.54, 1.807) is 0 Å². The van der Waals surface area contributed by atoms with Crippen molar-refractivity contribution in [2.45, 2.75) is 38.4 Å². The maximum Gasteiger partial charge on any atom is 0.157 e. The molecule has 3 heteroatoms. The van der Waals surface area contributed by atoms with Crippen molar-refractivity contribution in [3.8, 4) is 11.8 Å². The van der Waals surface area contributed by atoms with E-state index in [2.05, 4.69) is 11.8 Å². The Balaban J connectivity index is 1.95. The van der Waals surface area contributed by atoms with E-state index >= 15 is 0 Å². The summed E-state index contributed by atoms with van der Waals surface area (Å²) in [7, 11) is 0. The van der Waals surface area contributed by atoms with Crippen molar-refractivity contribution in [1.82, 2.24) is 0 Å². The van der Waals surface area contributed by atoms with Crippen LogP contribution in [0.15, 0.2) is 0 Å². The molecule has 0 spiro atoms. The van der Waals surface area contributed by atoms with Crippen LogP contribution >= 0.6 is 0 Å². The predicted octanol–water partition coefficient (Wildman–Crippen LogP) is 1.31. The van der Waals surface area contributed by atoms with Gasteiger partial charge in [0.1, 0.15) is 0 Å². The highest BCUT2D eigenvalue weighted by Crippen LogP contribution is 2.13. The Kier molecular flexibility index (Phi) is 6.42. The second-order valence-corrected chi connectivity index (χ2v) is 3.24. The van der Waals surface area contributed by atoms with E-state index in [-0.39, 0.29) is 12.9 Å². The normalized spacial score (nSPS) is 21.4. The zero-order chi connectivity index (χ0) is 10.1. The number of rotatable bonds is 4. The van der Waals surface area contributed by atoms with Crippen molar-refractivity contribution >= 4 is 0 Å². The molecule has 1 atom stereocenters. The van der Waals surface area contributed by atoms with Crippen LogP contribution in [-0.2, 0) is 9.47 Å². The fourth-order valence-corrected chi connectivity index (χ4v) is 1.32. The van der Waals surface area contributed by atoms with Crippen LogP contribution < -0.4 is 0 Å². The first-order chi connectivity index (χ1) is 6.93. The van der Waals surface area contributed by atoms with Crippen LogP contribution in [0.2, 0.25) is 0 Å². The van der Waals surface area contributed by atoms with Gasteiger partial charge in [-0.3, -0.25) is 0 Å². The average molecular weight is 198 g/mol. The van der Waals surface area contributed by atoms with Crippen molar-refractivity contribution in [3.63, 3.8) is 0 Å². The average Bonchev–Trinajstić information content (AvgIpc) is 2.25. The summed E-state index contributed by atoms with van der Waals surface area (Å²) in [6, 6.07) is 0. The molecule has 1 heterocycles. The molecule has 1 saturated heterocycles. The number of ether oxygens (including phenoxy) is 2. The van der Waals surface area contributed by atoms with Crippen LogP contribution in [0.3, 0.4) is 0 Å². The zero-order valence-corrected chi connectivity index (χ0v) is 8.50. The standard InChI is InChI=1S/C11H18O3/c12-8-4-1-2-5-9-13-11-7-3-6-10-14-11/h11-12H,3-10H2. The molecule has 1 aliphatic heterocycles. The SMILES string of the molecule is OCCC#CCCOC1CCCCO1. The number of hydrogen-bond acceptors (Lipinski definition) is 3. The Morgan fingerprint density at radius 3 is 2.86 bits per heavy atom. The Hall–Kier alpha value is -0.560. The Morgan fingerprint density at radius 1 is 1.29 bits per heavy atom. The number of aliphatic hydroxyl groups excluding tert-OH is 1. The molecule has 0 amide bonds. The molecule has 0 bridgehead atoms. The molecule has 0 aromatic carbocycles. The summed E-state index contributed by atoms with van der Waals surface area (Å²) in [5.41, 5.74) is 0. The van der Waals surface area contributed by atoms with Gasteiger partial charge in [0, 0.05) is 19.4 Å². The van der Waals surface area contributed by atoms with Crippen molar-refractivity contribution in [3.05, 3.63) is 0 Å². The fourth-order valence-electron chi connectivity index (χ4n) is 1.32. The van der Waals surface area contributed by atoms with Crippen molar-refractivity contribution < 1.29 is 14.6 Å². The van der Waals surface area contributed by atoms with Gasteiger partial charge < -0.3 is 14.6 Å². The second-order valence-electron chi connectivity index (χ2n) is 3.24. The molecule has 0 aromatic rings. The molecule has 14 heavy (non-hydrogen) atoms. The van der Waals surface area contributed by atoms with E-state index in [1.807, 2.05) is 0 Å². The monoisotopic (exact) mass is 198 g/mol. The van der Waals surface area contributed by atoms with E-state index in [1.165, 1.54) is 6.42 Å². The molecule has 0 radical (unpaired) electrons. The van der Waals surface area contributed by atoms with Crippen LogP contribution in [-0.4, -0.2) is 31.2 Å². The molecular weight excluding hydrogens is 180 g/mol. The first-order valence-corrected chi connectivity index (χ1v) is 5.23. The molecule has 1 N–H and O–H groups in total. The quantitative estimate of drug-likeness (QED) is 0.546. The fraction of sp³-hybridized carbons (Fsp3) is 0.818. The lowest BCUT2D eigenvalue weighted by Crippen LogP contribution is -2.22. The van der Waals surface area contributed by atoms with Gasteiger partial charge in [-0.2, -0.15) is 0 Å². The van der Waals surface area contributed by atoms with Crippen LogP contribution in [0.25, 0.3) is 0 Å². The van der Waals surface area contributed by atoms with Gasteiger partial charge in [-0.05, 0) is 19.3 Å². The summed E-state index contributed by atoms with van der Waals surface area (Å²) in [5.74, 6) is 5.79. The Morgan fingerprint density at radius 2 is 2.14 bits per heavy atom. The van der Waals surface area contributed by atoms with Crippen molar-refractivity contribution in [1.29, 1.82) is 0 Å². The number of hydrogen-bond donors (Lipinski definition) is 1. The molecule has 3 nitrogen and oxygen atoms in total. The largest absolute Gasteiger partial charge is 0.395 e. The summed E-state index contributed by atoms with van der Waals surface area (Å²) in [6.07, 6.45) is 4.62. The summed E-state index contributed by atoms with van der Waals surface area (Å²) < 4.78 is 10.9. The van der Waals surface area contributed by atoms with Crippen LogP contribution in [0, 0.1) is 11.8 Å². The molecule has 0 aliphatic carbocycles. The smallest absolute Gasteiger partial charge is 0.157 e. The minimum absolute atomic E-state index is 0.0107. The van der Waals surface area contributed by atoms with Gasteiger partial charge in [0.15, 0.2) is 6.29 Å². The predicted molar refractivity (Wildman–Crippen MR) is 53.6 cm³/mol. The van der Waals surface area contributed by atoms with Crippen molar-refractivity contribution in [2.24, 2.45) is 0 Å². The third-order valence-electron chi connectivity index (χ3n) is 2.03. The molecule has 80 valence electrons. The summed E-state index contributed by atoms with van der Waals surface area (Å²) in [5, 5.41) is 8.47. The maximum absolute atomic E-state index is 8.47. The van der Waals surface area contributed by atoms with Gasteiger partial charge in [-0.15, -0.1) is 11.8 Å². The Bertz CT molecular complexity index is 186. The highest BCUT2D eigenvalue weighted by Gasteiger charge is 2.12. The molecule has 1 rings (SSSR count). The lowest BCUT2D eigenvalue weighted by Gasteiger charge is -2.22. The third kappa shape index (κ3) is 5.23. The molecule has 1 fully saturated rings. The van der Waals surface area contributed by atoms with E-state index in [4.69, 9.17) is 14.6 Å². The summed E-state index contributed by atoms with van der Waals surface area (Å²) >= 11 is 0. The number of aliphatic hydroxyl groups is 1. The first kappa shape index (κ1) is 11.5. The van der Waals surface area contributed by atoms with Gasteiger partial charge in [-0.1, -0.05) is 0 Å². The van der Waals surface area contributed by atoms with Gasteiger partial charge in [-0.25, -0.2) is 0 Å². The van der Waals surface area contributed by atoms with E-state index in [0.717, 1.165) is 25.9 Å². The summed E-state index contributed by atoms with van der Waals surface area (Å²) in [4.78, 5) is 0. The van der Waals surface area contributed by atoms with Crippen LogP contribution in [0.5, 0.6) is 0 Å². The molecule has 1 unspecified atom stereocenters. The van der Waals surface area contributed by atoms with Crippen LogP contribution in [0.1, 0.15) is 32.1 Å². The van der Waals surface area contributed by atoms with Gasteiger partial charge in [0.2, 0.25) is 0 Å². The highest BCUT2D eigenvalue weighted by atomic mass is 16.7. The lowest BCUT2D eigenvalue weighted by atomic mass is 10.2. The minimum atomic E-state index is -0.0107. The van der Waals surface area contributed by atoms with E-state index < -0.39 is 0 Å². The van der Waals surface area contributed by atoms with Gasteiger partial charge in [0.25, 0.3) is 0 Å². The van der Waals surface area contributed by atoms with Gasteiger partial charge in [0.05, 0.1) is 13.2 Å². The van der Waals surface area contributed by atoms with E-state index in [0.29, 0.717) is 13.0 Å². The topological polar surface area (TPSA) is 38.7 Å². The van der Waals surface area contributed by atoms with Gasteiger partial charge >= 0.3 is 0 Å². The third-order valence-corrected chi connectivity index (χ3v) is 2.03. The van der Waals surface area contributed by atoms with Crippen LogP contribution in [0.4, 0.5) is 0 Å². The molecule has 0 saturated carbocycles. The summed E-state index contributed by atoms with van der Waals surface area (Å²) in [6.45, 7) is 1.59. The molecular formula is C11H18O3. The first-order valence-electron chi connectivity index (χ1n) is 5.23. The minimum Gasteiger partial charge on any atom is -0.395 e. The van der Waals surface area contributed by atoms with E-state index in [9.17, 15) is 0 Å². The maximum atomic E-state index is 8.47. The van der Waals surface area contributed by atoms with Crippen molar-refractivity contribution in [2.75, 3.05) is 19.8 Å². The highest BCUT2D eigenvalue weighted by molar-refractivity contribution is 4.98. The Labute approximate surface area is 85.4 Å². The second kappa shape index (κ2) is 7.81.